The Morgan fingerprint density at radius 1 is 0.929 bits per heavy atom. The van der Waals surface area contributed by atoms with Gasteiger partial charge in [-0.2, -0.15) is 5.10 Å². The molecule has 12 nitrogen and oxygen atoms in total. The Balaban J connectivity index is 1.24. The number of nitrogens with one attached hydrogen (secondary N) is 4. The van der Waals surface area contributed by atoms with Crippen LogP contribution in [-0.2, 0) is 6.54 Å². The van der Waals surface area contributed by atoms with Crippen molar-refractivity contribution in [2.24, 2.45) is 5.73 Å². The Kier molecular flexibility index (Phi) is 13.3. The number of likely N-dealkylation sites (tertiary alicyclic amines) is 1. The molecule has 292 valence electrons. The summed E-state index contributed by atoms with van der Waals surface area (Å²) in [7, 11) is 0. The van der Waals surface area contributed by atoms with Gasteiger partial charge in [-0.1, -0.05) is 66.2 Å². The van der Waals surface area contributed by atoms with Crippen LogP contribution in [0, 0.1) is 0 Å². The van der Waals surface area contributed by atoms with E-state index < -0.39 is 11.6 Å². The molecule has 1 aromatic heterocycles. The number of allylic oxidation sites excluding steroid dienone is 5. The number of hydrogen-bond acceptors (Lipinski definition) is 7. The number of nitrogens with two attached hydrogens (primary N) is 1. The Hall–Kier alpha value is -5.43. The lowest BCUT2D eigenvalue weighted by Gasteiger charge is -2.33. The van der Waals surface area contributed by atoms with Crippen molar-refractivity contribution in [3.63, 3.8) is 0 Å². The number of nitrogens with zero attached hydrogens (tertiary/aromatic N) is 3. The number of anilines is 1. The van der Waals surface area contributed by atoms with E-state index in [1.165, 1.54) is 22.4 Å². The van der Waals surface area contributed by atoms with Gasteiger partial charge in [-0.15, -0.1) is 0 Å². The second-order valence-electron chi connectivity index (χ2n) is 14.0. The number of hydrogen-bond donors (Lipinski definition) is 5. The van der Waals surface area contributed by atoms with Gasteiger partial charge in [0.15, 0.2) is 0 Å². The van der Waals surface area contributed by atoms with Crippen LogP contribution in [0.1, 0.15) is 66.2 Å². The third-order valence-corrected chi connectivity index (χ3v) is 10.5. The third kappa shape index (κ3) is 10.2. The van der Waals surface area contributed by atoms with Crippen LogP contribution in [0.25, 0.3) is 22.4 Å². The molecule has 2 fully saturated rings. The van der Waals surface area contributed by atoms with E-state index in [4.69, 9.17) is 28.9 Å². The molecule has 1 saturated carbocycles. The Morgan fingerprint density at radius 2 is 1.61 bits per heavy atom. The summed E-state index contributed by atoms with van der Waals surface area (Å²) in [5.41, 5.74) is 9.49. The molecule has 2 aromatic carbocycles. The van der Waals surface area contributed by atoms with Gasteiger partial charge in [-0.25, -0.2) is 9.48 Å². The van der Waals surface area contributed by atoms with Gasteiger partial charge < -0.3 is 27.0 Å². The summed E-state index contributed by atoms with van der Waals surface area (Å²) in [4.78, 5) is 55.9. The van der Waals surface area contributed by atoms with Crippen molar-refractivity contribution in [1.29, 1.82) is 0 Å². The van der Waals surface area contributed by atoms with Crippen LogP contribution in [0.15, 0.2) is 112 Å². The monoisotopic (exact) mass is 796 g/mol. The van der Waals surface area contributed by atoms with Crippen LogP contribution >= 0.6 is 23.2 Å². The number of carbonyl (C=O) groups is 3. The molecule has 56 heavy (non-hydrogen) atoms. The lowest BCUT2D eigenvalue weighted by molar-refractivity contribution is 0.0913. The van der Waals surface area contributed by atoms with Gasteiger partial charge in [0.1, 0.15) is 5.69 Å². The smallest absolute Gasteiger partial charge is 0.323 e. The highest BCUT2D eigenvalue weighted by molar-refractivity contribution is 6.36. The molecule has 1 saturated heterocycles. The fraction of sp³-hybridized carbons (Fsp3) is 0.310. The molecule has 0 radical (unpaired) electrons. The highest BCUT2D eigenvalue weighted by Crippen LogP contribution is 2.29. The normalized spacial score (nSPS) is 16.7. The number of rotatable bonds is 13. The van der Waals surface area contributed by atoms with E-state index in [0.717, 1.165) is 69.9 Å². The molecular formula is C42H46Cl2N8O4. The third-order valence-electron chi connectivity index (χ3n) is 9.83. The van der Waals surface area contributed by atoms with Crippen LogP contribution in [0.5, 0.6) is 0 Å². The summed E-state index contributed by atoms with van der Waals surface area (Å²) in [6.07, 6.45) is 14.8. The number of halogens is 2. The second kappa shape index (κ2) is 18.5. The first-order chi connectivity index (χ1) is 27.0. The maximum Gasteiger partial charge on any atom is 0.323 e. The van der Waals surface area contributed by atoms with E-state index in [-0.39, 0.29) is 51.9 Å². The van der Waals surface area contributed by atoms with Crippen molar-refractivity contribution in [3.05, 3.63) is 128 Å². The summed E-state index contributed by atoms with van der Waals surface area (Å²) in [5, 5.41) is 15.9. The molecule has 0 atom stereocenters. The van der Waals surface area contributed by atoms with Gasteiger partial charge in [0.05, 0.1) is 21.5 Å². The molecule has 6 rings (SSSR count). The van der Waals surface area contributed by atoms with Crippen LogP contribution in [0.3, 0.4) is 0 Å². The number of carbonyl (C=O) groups excluding carboxylic acids is 3. The van der Waals surface area contributed by atoms with Crippen molar-refractivity contribution in [2.45, 2.75) is 64.1 Å². The Morgan fingerprint density at radius 3 is 2.21 bits per heavy atom. The van der Waals surface area contributed by atoms with Gasteiger partial charge in [-0.3, -0.25) is 19.3 Å². The van der Waals surface area contributed by atoms with Gasteiger partial charge in [-0.05, 0) is 98.6 Å². The first-order valence-corrected chi connectivity index (χ1v) is 19.6. The van der Waals surface area contributed by atoms with Crippen molar-refractivity contribution < 1.29 is 14.4 Å². The molecular weight excluding hydrogens is 751 g/mol. The fourth-order valence-corrected chi connectivity index (χ4v) is 6.98. The molecule has 2 aliphatic carbocycles. The molecule has 6 N–H and O–H groups in total. The zero-order chi connectivity index (χ0) is 39.8. The largest absolute Gasteiger partial charge is 0.403 e. The topological polar surface area (TPSA) is 163 Å². The number of benzene rings is 2. The SMILES string of the molecule is C=C/C(Cl)=C(NC(=O)Nc1cc(-c2cccc(-c3cc(C(=O)NC4CC4)cc(C(=O)NC4CCN(CC5=CCCC=C5)CC4)c3)c2)nn(CC)c1=O)\C(Cl)=C/N. The maximum absolute atomic E-state index is 13.8. The van der Waals surface area contributed by atoms with Crippen LogP contribution < -0.4 is 32.6 Å². The number of amides is 4. The fourth-order valence-electron chi connectivity index (χ4n) is 6.63. The molecule has 1 aliphatic heterocycles. The average Bonchev–Trinajstić information content (AvgIpc) is 4.05. The first kappa shape index (κ1) is 40.2. The van der Waals surface area contributed by atoms with E-state index in [1.54, 1.807) is 25.1 Å². The van der Waals surface area contributed by atoms with Crippen molar-refractivity contribution >= 4 is 46.7 Å². The average molecular weight is 798 g/mol. The minimum atomic E-state index is -0.794. The maximum atomic E-state index is 13.8. The zero-order valence-corrected chi connectivity index (χ0v) is 32.8. The predicted octanol–water partition coefficient (Wildman–Crippen LogP) is 6.76. The lowest BCUT2D eigenvalue weighted by Crippen LogP contribution is -2.45. The first-order valence-electron chi connectivity index (χ1n) is 18.8. The van der Waals surface area contributed by atoms with Crippen LogP contribution in [0.2, 0.25) is 0 Å². The lowest BCUT2D eigenvalue weighted by atomic mass is 9.96. The molecule has 3 aromatic rings. The number of urea groups is 1. The second-order valence-corrected chi connectivity index (χ2v) is 14.8. The number of aromatic nitrogens is 2. The summed E-state index contributed by atoms with van der Waals surface area (Å²) in [6, 6.07) is 13.4. The quantitative estimate of drug-likeness (QED) is 0.119. The van der Waals surface area contributed by atoms with Gasteiger partial charge in [0.25, 0.3) is 17.4 Å². The van der Waals surface area contributed by atoms with Gasteiger partial charge in [0.2, 0.25) is 0 Å². The summed E-state index contributed by atoms with van der Waals surface area (Å²) in [5.74, 6) is -0.471. The highest BCUT2D eigenvalue weighted by atomic mass is 35.5. The molecule has 3 aliphatic rings. The minimum absolute atomic E-state index is 0.00778. The van der Waals surface area contributed by atoms with Crippen LogP contribution in [0.4, 0.5) is 10.5 Å². The molecule has 2 heterocycles. The van der Waals surface area contributed by atoms with Gasteiger partial charge in [0, 0.05) is 61.2 Å². The molecule has 0 bridgehead atoms. The zero-order valence-electron chi connectivity index (χ0n) is 31.2. The van der Waals surface area contributed by atoms with Crippen LogP contribution in [-0.4, -0.2) is 64.2 Å². The number of aryl methyl sites for hydroxylation is 1. The highest BCUT2D eigenvalue weighted by Gasteiger charge is 2.26. The van der Waals surface area contributed by atoms with E-state index >= 15 is 0 Å². The standard InChI is InChI=1S/C42H46Cl2N8O4/c1-3-34(43)38(35(44)24-45)49-42(56)48-37-23-36(50-52(4-2)41(37)55)28-12-8-11-27(19-28)29-20-30(39(53)46-32-13-14-32)22-31(21-29)40(54)47-33-15-17-51(18-16-33)25-26-9-6-5-7-10-26/h3,6,8-12,19-24,32-33H,1,4-5,7,13-18,25,45H2,2H3,(H,46,53)(H,47,54)(H2,48,49,56)/b35-24+,38-34-. The van der Waals surface area contributed by atoms with E-state index in [2.05, 4.69) is 56.1 Å². The predicted molar refractivity (Wildman–Crippen MR) is 222 cm³/mol. The molecule has 14 heteroatoms. The molecule has 4 amide bonds. The summed E-state index contributed by atoms with van der Waals surface area (Å²) >= 11 is 12.3. The summed E-state index contributed by atoms with van der Waals surface area (Å²) in [6.45, 7) is 8.28. The van der Waals surface area contributed by atoms with E-state index in [0.29, 0.717) is 27.9 Å². The molecule has 0 spiro atoms. The van der Waals surface area contributed by atoms with Crippen molar-refractivity contribution in [1.82, 2.24) is 30.6 Å². The van der Waals surface area contributed by atoms with Gasteiger partial charge >= 0.3 is 6.03 Å². The van der Waals surface area contributed by atoms with E-state index in [1.807, 2.05) is 24.3 Å². The minimum Gasteiger partial charge on any atom is -0.403 e. The Labute approximate surface area is 336 Å². The Bertz CT molecular complexity index is 2200. The number of piperidine rings is 1. The summed E-state index contributed by atoms with van der Waals surface area (Å²) < 4.78 is 1.23. The molecule has 0 unspecified atom stereocenters. The van der Waals surface area contributed by atoms with Crippen molar-refractivity contribution in [3.8, 4) is 22.4 Å². The van der Waals surface area contributed by atoms with E-state index in [9.17, 15) is 19.2 Å². The van der Waals surface area contributed by atoms with Crippen molar-refractivity contribution in [2.75, 3.05) is 25.0 Å².